The van der Waals surface area contributed by atoms with Crippen molar-refractivity contribution in [1.82, 2.24) is 10.3 Å². The Morgan fingerprint density at radius 3 is 2.85 bits per heavy atom. The van der Waals surface area contributed by atoms with E-state index in [1.165, 1.54) is 6.42 Å². The molecule has 1 aromatic heterocycles. The van der Waals surface area contributed by atoms with Crippen LogP contribution in [-0.2, 0) is 0 Å². The number of aromatic nitrogens is 1. The van der Waals surface area contributed by atoms with Crippen molar-refractivity contribution in [2.45, 2.75) is 20.3 Å². The van der Waals surface area contributed by atoms with Crippen LogP contribution in [0.25, 0.3) is 10.8 Å². The molecule has 3 N–H and O–H groups in total. The summed E-state index contributed by atoms with van der Waals surface area (Å²) in [7, 11) is 0. The van der Waals surface area contributed by atoms with Crippen molar-refractivity contribution in [1.29, 1.82) is 0 Å². The van der Waals surface area contributed by atoms with Crippen molar-refractivity contribution in [3.63, 3.8) is 0 Å². The van der Waals surface area contributed by atoms with Crippen molar-refractivity contribution >= 4 is 22.5 Å². The molecule has 104 valence electrons. The molecule has 1 aliphatic carbocycles. The highest BCUT2D eigenvalue weighted by atomic mass is 16.1. The van der Waals surface area contributed by atoms with E-state index in [2.05, 4.69) is 24.1 Å². The predicted molar refractivity (Wildman–Crippen MR) is 80.4 cm³/mol. The van der Waals surface area contributed by atoms with Crippen LogP contribution >= 0.6 is 0 Å². The molecule has 0 spiro atoms. The van der Waals surface area contributed by atoms with Gasteiger partial charge in [-0.05, 0) is 29.2 Å². The fourth-order valence-electron chi connectivity index (χ4n) is 2.57. The third-order valence-corrected chi connectivity index (χ3v) is 4.23. The highest BCUT2D eigenvalue weighted by molar-refractivity contribution is 5.99. The molecule has 1 saturated carbocycles. The lowest BCUT2D eigenvalue weighted by atomic mass is 10.1. The first-order chi connectivity index (χ1) is 9.47. The molecule has 4 nitrogen and oxygen atoms in total. The molecule has 0 bridgehead atoms. The van der Waals surface area contributed by atoms with E-state index in [9.17, 15) is 4.79 Å². The van der Waals surface area contributed by atoms with Crippen LogP contribution in [-0.4, -0.2) is 17.4 Å². The number of nitrogens with zero attached hydrogens (tertiary/aromatic N) is 1. The van der Waals surface area contributed by atoms with E-state index in [4.69, 9.17) is 5.73 Å². The lowest BCUT2D eigenvalue weighted by molar-refractivity contribution is 0.0946. The Morgan fingerprint density at radius 1 is 1.45 bits per heavy atom. The molecule has 2 aromatic rings. The minimum absolute atomic E-state index is 0.148. The topological polar surface area (TPSA) is 68.0 Å². The Balaban J connectivity index is 1.78. The van der Waals surface area contributed by atoms with Crippen LogP contribution in [0.3, 0.4) is 0 Å². The SMILES string of the molecule is CC1(C)CC1CNC(=O)c1cc2ccccc2c(N)n1. The summed E-state index contributed by atoms with van der Waals surface area (Å²) in [6, 6.07) is 9.48. The molecule has 1 fully saturated rings. The summed E-state index contributed by atoms with van der Waals surface area (Å²) in [5.41, 5.74) is 6.67. The van der Waals surface area contributed by atoms with Gasteiger partial charge in [-0.2, -0.15) is 0 Å². The number of benzene rings is 1. The molecule has 0 aliphatic heterocycles. The van der Waals surface area contributed by atoms with Crippen molar-refractivity contribution in [3.8, 4) is 0 Å². The number of rotatable bonds is 3. The number of nitrogens with one attached hydrogen (secondary N) is 1. The van der Waals surface area contributed by atoms with E-state index in [-0.39, 0.29) is 5.91 Å². The Hall–Kier alpha value is -2.10. The van der Waals surface area contributed by atoms with Gasteiger partial charge in [0, 0.05) is 11.9 Å². The second kappa shape index (κ2) is 4.47. The summed E-state index contributed by atoms with van der Waals surface area (Å²) in [4.78, 5) is 16.4. The number of carbonyl (C=O) groups excluding carboxylic acids is 1. The molecule has 1 aromatic carbocycles. The fourth-order valence-corrected chi connectivity index (χ4v) is 2.57. The van der Waals surface area contributed by atoms with Crippen LogP contribution in [0.2, 0.25) is 0 Å². The van der Waals surface area contributed by atoms with Gasteiger partial charge in [0.25, 0.3) is 5.91 Å². The number of pyridine rings is 1. The van der Waals surface area contributed by atoms with Gasteiger partial charge >= 0.3 is 0 Å². The summed E-state index contributed by atoms with van der Waals surface area (Å²) in [6.07, 6.45) is 1.17. The Morgan fingerprint density at radius 2 is 2.15 bits per heavy atom. The maximum atomic E-state index is 12.2. The maximum Gasteiger partial charge on any atom is 0.270 e. The van der Waals surface area contributed by atoms with Crippen LogP contribution in [0.5, 0.6) is 0 Å². The van der Waals surface area contributed by atoms with E-state index < -0.39 is 0 Å². The molecule has 1 heterocycles. The summed E-state index contributed by atoms with van der Waals surface area (Å²) in [5, 5.41) is 4.77. The third kappa shape index (κ3) is 2.33. The molecule has 0 radical (unpaired) electrons. The molecule has 4 heteroatoms. The lowest BCUT2D eigenvalue weighted by Crippen LogP contribution is -2.27. The largest absolute Gasteiger partial charge is 0.383 e. The van der Waals surface area contributed by atoms with Crippen LogP contribution in [0, 0.1) is 11.3 Å². The highest BCUT2D eigenvalue weighted by Crippen LogP contribution is 2.50. The lowest BCUT2D eigenvalue weighted by Gasteiger charge is -2.08. The number of carbonyl (C=O) groups is 1. The molecular weight excluding hydrogens is 250 g/mol. The summed E-state index contributed by atoms with van der Waals surface area (Å²) in [6.45, 7) is 5.15. The maximum absolute atomic E-state index is 12.2. The Kier molecular flexibility index (Phi) is 2.89. The first kappa shape index (κ1) is 12.9. The Labute approximate surface area is 118 Å². The second-order valence-electron chi connectivity index (χ2n) is 6.21. The van der Waals surface area contributed by atoms with Crippen LogP contribution < -0.4 is 11.1 Å². The van der Waals surface area contributed by atoms with Gasteiger partial charge in [0.2, 0.25) is 0 Å². The van der Waals surface area contributed by atoms with Gasteiger partial charge in [0.15, 0.2) is 0 Å². The first-order valence-electron chi connectivity index (χ1n) is 6.91. The number of nitrogens with two attached hydrogens (primary N) is 1. The van der Waals surface area contributed by atoms with Gasteiger partial charge in [-0.3, -0.25) is 4.79 Å². The van der Waals surface area contributed by atoms with Crippen molar-refractivity contribution < 1.29 is 4.79 Å². The normalized spacial score (nSPS) is 19.8. The quantitative estimate of drug-likeness (QED) is 0.900. The molecule has 1 unspecified atom stereocenters. The summed E-state index contributed by atoms with van der Waals surface area (Å²) < 4.78 is 0. The van der Waals surface area contributed by atoms with E-state index in [0.717, 1.165) is 10.8 Å². The molecular formula is C16H19N3O. The standard InChI is InChI=1S/C16H19N3O/c1-16(2)8-11(16)9-18-15(20)13-7-10-5-3-4-6-12(10)14(17)19-13/h3-7,11H,8-9H2,1-2H3,(H2,17,19)(H,18,20). The van der Waals surface area contributed by atoms with Crippen molar-refractivity contribution in [2.24, 2.45) is 11.3 Å². The molecule has 3 rings (SSSR count). The second-order valence-corrected chi connectivity index (χ2v) is 6.21. The fraction of sp³-hybridized carbons (Fsp3) is 0.375. The average molecular weight is 269 g/mol. The number of anilines is 1. The summed E-state index contributed by atoms with van der Waals surface area (Å²) in [5.74, 6) is 0.828. The average Bonchev–Trinajstić information content (AvgIpc) is 3.03. The molecule has 1 amide bonds. The number of amides is 1. The van der Waals surface area contributed by atoms with Crippen LogP contribution in [0.1, 0.15) is 30.8 Å². The predicted octanol–water partition coefficient (Wildman–Crippen LogP) is 2.59. The van der Waals surface area contributed by atoms with Gasteiger partial charge in [-0.1, -0.05) is 38.1 Å². The molecule has 20 heavy (non-hydrogen) atoms. The summed E-state index contributed by atoms with van der Waals surface area (Å²) >= 11 is 0. The van der Waals surface area contributed by atoms with Crippen LogP contribution in [0.15, 0.2) is 30.3 Å². The van der Waals surface area contributed by atoms with Gasteiger partial charge in [-0.15, -0.1) is 0 Å². The zero-order valence-corrected chi connectivity index (χ0v) is 11.8. The Bertz CT molecular complexity index is 678. The number of fused-ring (bicyclic) bond motifs is 1. The third-order valence-electron chi connectivity index (χ3n) is 4.23. The zero-order valence-electron chi connectivity index (χ0n) is 11.8. The van der Waals surface area contributed by atoms with Crippen LogP contribution in [0.4, 0.5) is 5.82 Å². The van der Waals surface area contributed by atoms with E-state index >= 15 is 0 Å². The molecule has 1 atom stereocenters. The first-order valence-corrected chi connectivity index (χ1v) is 6.91. The van der Waals surface area contributed by atoms with Gasteiger partial charge in [0.05, 0.1) is 0 Å². The minimum atomic E-state index is -0.148. The molecule has 1 aliphatic rings. The van der Waals surface area contributed by atoms with Crippen molar-refractivity contribution in [3.05, 3.63) is 36.0 Å². The molecule has 0 saturated heterocycles. The van der Waals surface area contributed by atoms with Gasteiger partial charge in [-0.25, -0.2) is 4.98 Å². The van der Waals surface area contributed by atoms with E-state index in [0.29, 0.717) is 29.4 Å². The highest BCUT2D eigenvalue weighted by Gasteiger charge is 2.45. The number of nitrogen functional groups attached to an aromatic ring is 1. The van der Waals surface area contributed by atoms with Crippen molar-refractivity contribution in [2.75, 3.05) is 12.3 Å². The minimum Gasteiger partial charge on any atom is -0.383 e. The zero-order chi connectivity index (χ0) is 14.3. The number of hydrogen-bond acceptors (Lipinski definition) is 3. The monoisotopic (exact) mass is 269 g/mol. The van der Waals surface area contributed by atoms with Gasteiger partial charge < -0.3 is 11.1 Å². The van der Waals surface area contributed by atoms with E-state index in [1.54, 1.807) is 6.07 Å². The smallest absolute Gasteiger partial charge is 0.270 e. The van der Waals surface area contributed by atoms with Gasteiger partial charge in [0.1, 0.15) is 11.5 Å². The van der Waals surface area contributed by atoms with E-state index in [1.807, 2.05) is 24.3 Å². The number of hydrogen-bond donors (Lipinski definition) is 2.